The Morgan fingerprint density at radius 3 is 2.74 bits per heavy atom. The molecule has 1 N–H and O–H groups in total. The molecule has 160 valence electrons. The van der Waals surface area contributed by atoms with Gasteiger partial charge in [0.25, 0.3) is 0 Å². The van der Waals surface area contributed by atoms with Crippen LogP contribution >= 0.6 is 11.3 Å². The number of benzene rings is 1. The molecule has 0 atom stereocenters. The van der Waals surface area contributed by atoms with Crippen LogP contribution in [0.2, 0.25) is 0 Å². The molecule has 1 fully saturated rings. The molecule has 1 amide bonds. The highest BCUT2D eigenvalue weighted by Crippen LogP contribution is 2.33. The van der Waals surface area contributed by atoms with Crippen LogP contribution in [0, 0.1) is 5.92 Å². The number of nitrogens with zero attached hydrogens (tertiary/aromatic N) is 4. The lowest BCUT2D eigenvalue weighted by molar-refractivity contribution is -0.125. The molecule has 2 aromatic heterocycles. The van der Waals surface area contributed by atoms with Crippen molar-refractivity contribution in [3.05, 3.63) is 58.2 Å². The highest BCUT2D eigenvalue weighted by Gasteiger charge is 2.29. The third-order valence-corrected chi connectivity index (χ3v) is 6.91. The fraction of sp³-hybridized carbons (Fsp3) is 0.417. The van der Waals surface area contributed by atoms with Gasteiger partial charge in [-0.25, -0.2) is 15.0 Å². The lowest BCUT2D eigenvalue weighted by Gasteiger charge is -2.33. The molecule has 7 heteroatoms. The molecule has 31 heavy (non-hydrogen) atoms. The number of fused-ring (bicyclic) bond motifs is 1. The molecule has 6 nitrogen and oxygen atoms in total. The summed E-state index contributed by atoms with van der Waals surface area (Å²) in [5, 5.41) is 5.14. The topological polar surface area (TPSA) is 71.0 Å². The minimum absolute atomic E-state index is 0.0789. The molecular formula is C24H27N5OS. The van der Waals surface area contributed by atoms with Crippen molar-refractivity contribution in [2.45, 2.75) is 38.5 Å². The first-order valence-electron chi connectivity index (χ1n) is 11.1. The van der Waals surface area contributed by atoms with Gasteiger partial charge < -0.3 is 10.2 Å². The second-order valence-corrected chi connectivity index (χ2v) is 9.02. The summed E-state index contributed by atoms with van der Waals surface area (Å²) in [4.78, 5) is 29.1. The number of rotatable bonds is 6. The summed E-state index contributed by atoms with van der Waals surface area (Å²) in [6.07, 6.45) is 5.75. The molecule has 1 aliphatic carbocycles. The Bertz CT molecular complexity index is 1030. The quantitative estimate of drug-likeness (QED) is 0.642. The van der Waals surface area contributed by atoms with Gasteiger partial charge in [-0.1, -0.05) is 30.3 Å². The number of thiazole rings is 1. The summed E-state index contributed by atoms with van der Waals surface area (Å²) < 4.78 is 0. The maximum atomic E-state index is 12.6. The van der Waals surface area contributed by atoms with Crippen molar-refractivity contribution >= 4 is 23.1 Å². The zero-order chi connectivity index (χ0) is 21.0. The van der Waals surface area contributed by atoms with E-state index in [-0.39, 0.29) is 11.8 Å². The van der Waals surface area contributed by atoms with Crippen molar-refractivity contribution in [3.8, 4) is 11.4 Å². The van der Waals surface area contributed by atoms with E-state index in [1.807, 2.05) is 29.1 Å². The molecule has 0 bridgehead atoms. The number of carbonyl (C=O) groups is 1. The van der Waals surface area contributed by atoms with Gasteiger partial charge >= 0.3 is 0 Å². The van der Waals surface area contributed by atoms with Crippen LogP contribution in [0.3, 0.4) is 0 Å². The summed E-state index contributed by atoms with van der Waals surface area (Å²) in [6, 6.07) is 10.2. The van der Waals surface area contributed by atoms with Crippen LogP contribution in [0.25, 0.3) is 11.4 Å². The minimum Gasteiger partial charge on any atom is -0.356 e. The van der Waals surface area contributed by atoms with E-state index < -0.39 is 0 Å². The summed E-state index contributed by atoms with van der Waals surface area (Å²) in [5.74, 6) is 2.16. The number of anilines is 1. The van der Waals surface area contributed by atoms with Gasteiger partial charge in [-0.15, -0.1) is 11.3 Å². The number of nitrogens with one attached hydrogen (secondary N) is 1. The third kappa shape index (κ3) is 4.46. The Kier molecular flexibility index (Phi) is 5.93. The number of hydrogen-bond acceptors (Lipinski definition) is 6. The van der Waals surface area contributed by atoms with E-state index in [1.54, 1.807) is 11.3 Å². The van der Waals surface area contributed by atoms with Crippen LogP contribution in [0.4, 0.5) is 5.82 Å². The maximum absolute atomic E-state index is 12.6. The van der Waals surface area contributed by atoms with Gasteiger partial charge in [0.15, 0.2) is 5.82 Å². The SMILES string of the molecule is O=C(NCCc1cscn1)C1CCN(c2nc(-c3ccccc3)nc3c2CCC3)CC1. The van der Waals surface area contributed by atoms with Crippen molar-refractivity contribution in [2.24, 2.45) is 5.92 Å². The molecule has 0 spiro atoms. The summed E-state index contributed by atoms with van der Waals surface area (Å²) in [6.45, 7) is 2.38. The van der Waals surface area contributed by atoms with Crippen LogP contribution in [-0.4, -0.2) is 40.5 Å². The standard InChI is InChI=1S/C24H27N5OS/c30-24(25-12-9-19-15-31-16-26-19)18-10-13-29(14-11-18)23-20-7-4-8-21(20)27-22(28-23)17-5-2-1-3-6-17/h1-3,5-6,15-16,18H,4,7-14H2,(H,25,30). The monoisotopic (exact) mass is 433 g/mol. The average Bonchev–Trinajstić information content (AvgIpc) is 3.51. The molecular weight excluding hydrogens is 406 g/mol. The first-order valence-corrected chi connectivity index (χ1v) is 12.1. The minimum atomic E-state index is 0.0789. The maximum Gasteiger partial charge on any atom is 0.223 e. The Morgan fingerprint density at radius 2 is 1.97 bits per heavy atom. The van der Waals surface area contributed by atoms with Gasteiger partial charge in [0, 0.05) is 54.2 Å². The van der Waals surface area contributed by atoms with Crippen LogP contribution in [0.15, 0.2) is 41.2 Å². The normalized spacial score (nSPS) is 16.3. The highest BCUT2D eigenvalue weighted by molar-refractivity contribution is 7.07. The van der Waals surface area contributed by atoms with Crippen LogP contribution in [0.5, 0.6) is 0 Å². The number of piperidine rings is 1. The van der Waals surface area contributed by atoms with E-state index in [1.165, 1.54) is 11.3 Å². The summed E-state index contributed by atoms with van der Waals surface area (Å²) in [7, 11) is 0. The molecule has 1 saturated heterocycles. The number of aromatic nitrogens is 3. The third-order valence-electron chi connectivity index (χ3n) is 6.27. The highest BCUT2D eigenvalue weighted by atomic mass is 32.1. The first kappa shape index (κ1) is 20.1. The lowest BCUT2D eigenvalue weighted by atomic mass is 9.95. The molecule has 5 rings (SSSR count). The average molecular weight is 434 g/mol. The smallest absolute Gasteiger partial charge is 0.223 e. The molecule has 0 unspecified atom stereocenters. The van der Waals surface area contributed by atoms with Crippen LogP contribution in [-0.2, 0) is 24.1 Å². The van der Waals surface area contributed by atoms with Crippen LogP contribution in [0.1, 0.15) is 36.2 Å². The Hall–Kier alpha value is -2.80. The zero-order valence-electron chi connectivity index (χ0n) is 17.6. The van der Waals surface area contributed by atoms with Crippen molar-refractivity contribution in [1.82, 2.24) is 20.3 Å². The molecule has 3 aromatic rings. The number of aryl methyl sites for hydroxylation is 1. The summed E-state index contributed by atoms with van der Waals surface area (Å²) in [5.41, 5.74) is 6.45. The molecule has 1 aliphatic heterocycles. The predicted octanol–water partition coefficient (Wildman–Crippen LogP) is 3.66. The molecule has 3 heterocycles. The first-order chi connectivity index (χ1) is 15.3. The van der Waals surface area contributed by atoms with Gasteiger partial charge in [-0.05, 0) is 32.1 Å². The number of carbonyl (C=O) groups excluding carboxylic acids is 1. The van der Waals surface area contributed by atoms with E-state index in [4.69, 9.17) is 9.97 Å². The molecule has 2 aliphatic rings. The van der Waals surface area contributed by atoms with E-state index in [2.05, 4.69) is 27.3 Å². The fourth-order valence-corrected chi connectivity index (χ4v) is 5.16. The Morgan fingerprint density at radius 1 is 1.13 bits per heavy atom. The molecule has 1 aromatic carbocycles. The van der Waals surface area contributed by atoms with Crippen molar-refractivity contribution in [1.29, 1.82) is 0 Å². The second kappa shape index (κ2) is 9.14. The molecule has 0 radical (unpaired) electrons. The number of amides is 1. The Labute approximate surface area is 186 Å². The number of hydrogen-bond donors (Lipinski definition) is 1. The van der Waals surface area contributed by atoms with Crippen molar-refractivity contribution < 1.29 is 4.79 Å². The van der Waals surface area contributed by atoms with Crippen LogP contribution < -0.4 is 10.2 Å². The van der Waals surface area contributed by atoms with E-state index in [9.17, 15) is 4.79 Å². The van der Waals surface area contributed by atoms with Gasteiger partial charge in [-0.2, -0.15) is 0 Å². The predicted molar refractivity (Wildman–Crippen MR) is 123 cm³/mol. The Balaban J connectivity index is 1.24. The largest absolute Gasteiger partial charge is 0.356 e. The fourth-order valence-electron chi connectivity index (χ4n) is 4.56. The van der Waals surface area contributed by atoms with Gasteiger partial charge in [0.05, 0.1) is 11.2 Å². The van der Waals surface area contributed by atoms with Crippen molar-refractivity contribution in [3.63, 3.8) is 0 Å². The molecule has 0 saturated carbocycles. The summed E-state index contributed by atoms with van der Waals surface area (Å²) >= 11 is 1.59. The second-order valence-electron chi connectivity index (χ2n) is 8.30. The van der Waals surface area contributed by atoms with Crippen molar-refractivity contribution in [2.75, 3.05) is 24.5 Å². The van der Waals surface area contributed by atoms with E-state index >= 15 is 0 Å². The van der Waals surface area contributed by atoms with E-state index in [0.717, 1.165) is 74.5 Å². The zero-order valence-corrected chi connectivity index (χ0v) is 18.4. The van der Waals surface area contributed by atoms with E-state index in [0.29, 0.717) is 6.54 Å². The van der Waals surface area contributed by atoms with Gasteiger partial charge in [0.2, 0.25) is 5.91 Å². The van der Waals surface area contributed by atoms with Gasteiger partial charge in [-0.3, -0.25) is 4.79 Å². The lowest BCUT2D eigenvalue weighted by Crippen LogP contribution is -2.41. The van der Waals surface area contributed by atoms with Gasteiger partial charge in [0.1, 0.15) is 5.82 Å².